The van der Waals surface area contributed by atoms with E-state index in [4.69, 9.17) is 11.0 Å². The highest BCUT2D eigenvalue weighted by Crippen LogP contribution is 2.17. The zero-order valence-electron chi connectivity index (χ0n) is 10.4. The molecule has 0 amide bonds. The number of aromatic amines is 1. The van der Waals surface area contributed by atoms with E-state index in [1.54, 1.807) is 0 Å². The van der Waals surface area contributed by atoms with Crippen molar-refractivity contribution in [2.24, 2.45) is 0 Å². The summed E-state index contributed by atoms with van der Waals surface area (Å²) >= 11 is 0. The Morgan fingerprint density at radius 2 is 2.25 bits per heavy atom. The molecule has 1 aromatic carbocycles. The molecule has 0 bridgehead atoms. The number of aromatic nitrogens is 3. The maximum absolute atomic E-state index is 12.1. The Labute approximate surface area is 115 Å². The van der Waals surface area contributed by atoms with E-state index in [0.29, 0.717) is 17.9 Å². The van der Waals surface area contributed by atoms with Crippen molar-refractivity contribution < 1.29 is 8.42 Å². The SMILES string of the molecule is N#Cc1cc(N)ccc1S(=O)(=O)NCCc1ncn[nH]1. The first-order valence-corrected chi connectivity index (χ1v) is 7.15. The molecule has 9 heteroatoms. The Bertz CT molecular complexity index is 733. The van der Waals surface area contributed by atoms with Gasteiger partial charge in [0.15, 0.2) is 0 Å². The van der Waals surface area contributed by atoms with Crippen LogP contribution < -0.4 is 10.5 Å². The highest BCUT2D eigenvalue weighted by molar-refractivity contribution is 7.89. The van der Waals surface area contributed by atoms with Crippen molar-refractivity contribution in [1.82, 2.24) is 19.9 Å². The predicted molar refractivity (Wildman–Crippen MR) is 70.8 cm³/mol. The molecule has 0 fully saturated rings. The van der Waals surface area contributed by atoms with Crippen molar-refractivity contribution in [2.45, 2.75) is 11.3 Å². The van der Waals surface area contributed by atoms with Crippen molar-refractivity contribution in [3.05, 3.63) is 35.9 Å². The number of sulfonamides is 1. The zero-order valence-corrected chi connectivity index (χ0v) is 11.2. The number of rotatable bonds is 5. The summed E-state index contributed by atoms with van der Waals surface area (Å²) in [6.07, 6.45) is 1.72. The third-order valence-corrected chi connectivity index (χ3v) is 4.05. The number of nitrogens with one attached hydrogen (secondary N) is 2. The molecule has 0 aliphatic rings. The van der Waals surface area contributed by atoms with Crippen LogP contribution in [0.5, 0.6) is 0 Å². The van der Waals surface area contributed by atoms with Gasteiger partial charge in [-0.15, -0.1) is 0 Å². The van der Waals surface area contributed by atoms with E-state index in [-0.39, 0.29) is 17.0 Å². The van der Waals surface area contributed by atoms with Crippen molar-refractivity contribution in [3.63, 3.8) is 0 Å². The minimum atomic E-state index is -3.76. The number of hydrogen-bond donors (Lipinski definition) is 3. The molecule has 4 N–H and O–H groups in total. The maximum Gasteiger partial charge on any atom is 0.241 e. The average molecular weight is 292 g/mol. The van der Waals surface area contributed by atoms with Crippen molar-refractivity contribution in [1.29, 1.82) is 5.26 Å². The van der Waals surface area contributed by atoms with Crippen molar-refractivity contribution in [2.75, 3.05) is 12.3 Å². The number of hydrogen-bond acceptors (Lipinski definition) is 6. The standard InChI is InChI=1S/C11H12N6O2S/c12-6-8-5-9(13)1-2-10(8)20(18,19)16-4-3-11-14-7-15-17-11/h1-2,5,7,16H,3-4,13H2,(H,14,15,17). The predicted octanol–water partition coefficient (Wildman–Crippen LogP) is -0.220. The molecule has 0 saturated heterocycles. The molecule has 1 aromatic heterocycles. The van der Waals surface area contributed by atoms with Crippen molar-refractivity contribution in [3.8, 4) is 6.07 Å². The summed E-state index contributed by atoms with van der Waals surface area (Å²) in [4.78, 5) is 3.79. The first-order valence-electron chi connectivity index (χ1n) is 5.66. The molecule has 0 saturated carbocycles. The molecule has 0 spiro atoms. The lowest BCUT2D eigenvalue weighted by Gasteiger charge is -2.08. The summed E-state index contributed by atoms with van der Waals surface area (Å²) < 4.78 is 26.6. The van der Waals surface area contributed by atoms with Gasteiger partial charge in [0.2, 0.25) is 10.0 Å². The lowest BCUT2D eigenvalue weighted by Crippen LogP contribution is -2.27. The highest BCUT2D eigenvalue weighted by atomic mass is 32.2. The molecular weight excluding hydrogens is 280 g/mol. The van der Waals surface area contributed by atoms with E-state index >= 15 is 0 Å². The van der Waals surface area contributed by atoms with Crippen LogP contribution in [0.3, 0.4) is 0 Å². The summed E-state index contributed by atoms with van der Waals surface area (Å²) in [5.74, 6) is 0.575. The van der Waals surface area contributed by atoms with Crippen LogP contribution in [0.15, 0.2) is 29.4 Å². The zero-order chi connectivity index (χ0) is 14.6. The number of nitrogens with zero attached hydrogens (tertiary/aromatic N) is 3. The van der Waals surface area contributed by atoms with Crippen LogP contribution in [-0.2, 0) is 16.4 Å². The number of anilines is 1. The van der Waals surface area contributed by atoms with E-state index in [9.17, 15) is 8.42 Å². The van der Waals surface area contributed by atoms with Gasteiger partial charge in [-0.2, -0.15) is 10.4 Å². The minimum Gasteiger partial charge on any atom is -0.399 e. The van der Waals surface area contributed by atoms with Crippen LogP contribution >= 0.6 is 0 Å². The second kappa shape index (κ2) is 5.68. The summed E-state index contributed by atoms with van der Waals surface area (Å²) in [5, 5.41) is 15.3. The van der Waals surface area contributed by atoms with Crippen LogP contribution in [0.1, 0.15) is 11.4 Å². The fraction of sp³-hybridized carbons (Fsp3) is 0.182. The summed E-state index contributed by atoms with van der Waals surface area (Å²) in [7, 11) is -3.76. The van der Waals surface area contributed by atoms with Gasteiger partial charge in [0, 0.05) is 18.7 Å². The molecular formula is C11H12N6O2S. The summed E-state index contributed by atoms with van der Waals surface area (Å²) in [6, 6.07) is 5.89. The molecule has 0 unspecified atom stereocenters. The molecule has 20 heavy (non-hydrogen) atoms. The normalized spacial score (nSPS) is 11.2. The van der Waals surface area contributed by atoms with Gasteiger partial charge in [0.1, 0.15) is 18.2 Å². The van der Waals surface area contributed by atoms with Crippen LogP contribution in [0.2, 0.25) is 0 Å². The van der Waals surface area contributed by atoms with Crippen LogP contribution in [0.25, 0.3) is 0 Å². The number of H-pyrrole nitrogens is 1. The maximum atomic E-state index is 12.1. The number of nitrogens with two attached hydrogens (primary N) is 1. The van der Waals surface area contributed by atoms with Crippen LogP contribution in [-0.4, -0.2) is 30.1 Å². The van der Waals surface area contributed by atoms with Gasteiger partial charge in [0.05, 0.1) is 10.5 Å². The van der Waals surface area contributed by atoms with E-state index < -0.39 is 10.0 Å². The van der Waals surface area contributed by atoms with Gasteiger partial charge in [-0.1, -0.05) is 0 Å². The van der Waals surface area contributed by atoms with Gasteiger partial charge in [-0.3, -0.25) is 5.10 Å². The largest absolute Gasteiger partial charge is 0.399 e. The Kier molecular flexibility index (Phi) is 3.97. The Morgan fingerprint density at radius 1 is 1.45 bits per heavy atom. The number of nitriles is 1. The van der Waals surface area contributed by atoms with Gasteiger partial charge in [0.25, 0.3) is 0 Å². The van der Waals surface area contributed by atoms with E-state index in [1.807, 2.05) is 6.07 Å². The highest BCUT2D eigenvalue weighted by Gasteiger charge is 2.18. The Hall–Kier alpha value is -2.44. The molecule has 0 radical (unpaired) electrons. The fourth-order valence-electron chi connectivity index (χ4n) is 1.60. The quantitative estimate of drug-likeness (QED) is 0.651. The molecule has 104 valence electrons. The molecule has 0 atom stereocenters. The third kappa shape index (κ3) is 3.11. The van der Waals surface area contributed by atoms with E-state index in [1.165, 1.54) is 24.5 Å². The fourth-order valence-corrected chi connectivity index (χ4v) is 2.77. The van der Waals surface area contributed by atoms with Crippen LogP contribution in [0.4, 0.5) is 5.69 Å². The lowest BCUT2D eigenvalue weighted by molar-refractivity contribution is 0.580. The van der Waals surface area contributed by atoms with Gasteiger partial charge in [-0.05, 0) is 18.2 Å². The number of nitrogen functional groups attached to an aromatic ring is 1. The second-order valence-electron chi connectivity index (χ2n) is 3.95. The Balaban J connectivity index is 2.12. The van der Waals surface area contributed by atoms with Crippen molar-refractivity contribution >= 4 is 15.7 Å². The first kappa shape index (κ1) is 14.0. The van der Waals surface area contributed by atoms with Gasteiger partial charge >= 0.3 is 0 Å². The molecule has 8 nitrogen and oxygen atoms in total. The van der Waals surface area contributed by atoms with Gasteiger partial charge < -0.3 is 5.73 Å². The minimum absolute atomic E-state index is 0.0113. The van der Waals surface area contributed by atoms with E-state index in [0.717, 1.165) is 0 Å². The molecule has 0 aliphatic carbocycles. The molecule has 2 aromatic rings. The average Bonchev–Trinajstić information content (AvgIpc) is 2.91. The van der Waals surface area contributed by atoms with Crippen LogP contribution in [0, 0.1) is 11.3 Å². The second-order valence-corrected chi connectivity index (χ2v) is 5.68. The molecule has 0 aliphatic heterocycles. The smallest absolute Gasteiger partial charge is 0.241 e. The monoisotopic (exact) mass is 292 g/mol. The topological polar surface area (TPSA) is 138 Å². The molecule has 2 rings (SSSR count). The number of benzene rings is 1. The lowest BCUT2D eigenvalue weighted by atomic mass is 10.2. The first-order chi connectivity index (χ1) is 9.53. The molecule has 1 heterocycles. The summed E-state index contributed by atoms with van der Waals surface area (Å²) in [6.45, 7) is 0.146. The van der Waals surface area contributed by atoms with E-state index in [2.05, 4.69) is 19.9 Å². The van der Waals surface area contributed by atoms with Gasteiger partial charge in [-0.25, -0.2) is 18.1 Å². The third-order valence-electron chi connectivity index (χ3n) is 2.53. The Morgan fingerprint density at radius 3 is 2.90 bits per heavy atom. The summed E-state index contributed by atoms with van der Waals surface area (Å²) in [5.41, 5.74) is 5.87.